The number of nitrogens with zero attached hydrogens (tertiary/aromatic N) is 7. The van der Waals surface area contributed by atoms with E-state index in [1.165, 1.54) is 0 Å². The summed E-state index contributed by atoms with van der Waals surface area (Å²) in [4.78, 5) is 31.6. The fourth-order valence-electron chi connectivity index (χ4n) is 6.77. The normalized spacial score (nSPS) is 25.7. The number of nitrogens with one attached hydrogen (secondary N) is 1. The Kier molecular flexibility index (Phi) is 5.11. The van der Waals surface area contributed by atoms with Gasteiger partial charge in [-0.15, -0.1) is 0 Å². The fraction of sp³-hybridized carbons (Fsp3) is 0.481. The van der Waals surface area contributed by atoms with Gasteiger partial charge in [0, 0.05) is 24.3 Å². The van der Waals surface area contributed by atoms with Gasteiger partial charge in [0.2, 0.25) is 5.95 Å². The molecule has 1 N–H and O–H groups in total. The van der Waals surface area contributed by atoms with E-state index in [1.807, 2.05) is 23.6 Å². The molecule has 2 aliphatic carbocycles. The number of aryl methyl sites for hydroxylation is 2. The van der Waals surface area contributed by atoms with Crippen LogP contribution in [0.1, 0.15) is 57.4 Å². The summed E-state index contributed by atoms with van der Waals surface area (Å²) in [5.41, 5.74) is 3.25. The highest BCUT2D eigenvalue weighted by Crippen LogP contribution is 2.56. The third-order valence-electron chi connectivity index (χ3n) is 8.50. The molecule has 2 fully saturated rings. The van der Waals surface area contributed by atoms with Crippen LogP contribution in [0.15, 0.2) is 35.6 Å². The van der Waals surface area contributed by atoms with Gasteiger partial charge in [-0.05, 0) is 69.1 Å². The highest BCUT2D eigenvalue weighted by molar-refractivity contribution is 5.84. The van der Waals surface area contributed by atoms with Crippen LogP contribution < -0.4 is 11.0 Å². The van der Waals surface area contributed by atoms with E-state index in [0.29, 0.717) is 29.5 Å². The summed E-state index contributed by atoms with van der Waals surface area (Å²) < 4.78 is 3.55. The summed E-state index contributed by atoms with van der Waals surface area (Å²) in [5, 5.41) is 14.5. The van der Waals surface area contributed by atoms with Crippen LogP contribution in [-0.2, 0) is 12.6 Å². The monoisotopic (exact) mass is 482 g/mol. The molecule has 6 rings (SSSR count). The van der Waals surface area contributed by atoms with Gasteiger partial charge in [-0.25, -0.2) is 19.7 Å². The van der Waals surface area contributed by atoms with Crippen molar-refractivity contribution in [3.8, 4) is 6.07 Å². The van der Waals surface area contributed by atoms with Gasteiger partial charge in [-0.1, -0.05) is 13.3 Å². The van der Waals surface area contributed by atoms with Crippen molar-refractivity contribution >= 4 is 33.7 Å². The Morgan fingerprint density at radius 1 is 1.22 bits per heavy atom. The van der Waals surface area contributed by atoms with Crippen molar-refractivity contribution in [3.63, 3.8) is 0 Å². The van der Waals surface area contributed by atoms with Gasteiger partial charge in [0.1, 0.15) is 11.8 Å². The number of fused-ring (bicyclic) bond motifs is 4. The maximum atomic E-state index is 13.7. The molecule has 0 saturated heterocycles. The van der Waals surface area contributed by atoms with Crippen LogP contribution in [0.2, 0.25) is 0 Å². The second-order valence-corrected chi connectivity index (χ2v) is 10.8. The number of imidazole rings is 1. The topological polar surface area (TPSA) is 114 Å². The van der Waals surface area contributed by atoms with Crippen LogP contribution >= 0.6 is 0 Å². The molecule has 2 saturated carbocycles. The number of hydrogen-bond donors (Lipinski definition) is 1. The molecule has 184 valence electrons. The lowest BCUT2D eigenvalue weighted by Crippen LogP contribution is -2.52. The summed E-state index contributed by atoms with van der Waals surface area (Å²) in [6, 6.07) is 6.67. The Bertz CT molecular complexity index is 1600. The highest BCUT2D eigenvalue weighted by atomic mass is 16.2. The first-order valence-electron chi connectivity index (χ1n) is 12.7. The van der Waals surface area contributed by atoms with E-state index in [1.54, 1.807) is 30.3 Å². The second kappa shape index (κ2) is 8.12. The molecule has 3 heterocycles. The molecule has 9 nitrogen and oxygen atoms in total. The molecule has 0 aliphatic heterocycles. The zero-order valence-corrected chi connectivity index (χ0v) is 21.0. The number of nitriles is 1. The first-order chi connectivity index (χ1) is 17.4. The van der Waals surface area contributed by atoms with E-state index in [2.05, 4.69) is 33.3 Å². The summed E-state index contributed by atoms with van der Waals surface area (Å²) >= 11 is 0. The van der Waals surface area contributed by atoms with Crippen LogP contribution in [0.4, 0.5) is 11.6 Å². The van der Waals surface area contributed by atoms with Gasteiger partial charge in [0.25, 0.3) is 0 Å². The van der Waals surface area contributed by atoms with Crippen molar-refractivity contribution < 1.29 is 0 Å². The predicted octanol–water partition coefficient (Wildman–Crippen LogP) is 4.72. The lowest BCUT2D eigenvalue weighted by Gasteiger charge is -2.52. The van der Waals surface area contributed by atoms with Crippen LogP contribution in [0.3, 0.4) is 0 Å². The first kappa shape index (κ1) is 22.7. The molecule has 2 aliphatic rings. The van der Waals surface area contributed by atoms with Crippen LogP contribution in [0, 0.1) is 29.6 Å². The molecular formula is C27H30N8O. The predicted molar refractivity (Wildman–Crippen MR) is 138 cm³/mol. The number of rotatable bonds is 4. The summed E-state index contributed by atoms with van der Waals surface area (Å²) in [6.07, 6.45) is 11.3. The van der Waals surface area contributed by atoms with Crippen molar-refractivity contribution in [2.24, 2.45) is 18.4 Å². The molecule has 2 bridgehead atoms. The molecule has 0 spiro atoms. The van der Waals surface area contributed by atoms with Crippen molar-refractivity contribution in [1.29, 1.82) is 5.26 Å². The first-order valence-corrected chi connectivity index (χ1v) is 12.7. The average molecular weight is 483 g/mol. The Labute approximate surface area is 209 Å². The third-order valence-corrected chi connectivity index (χ3v) is 8.50. The van der Waals surface area contributed by atoms with Crippen molar-refractivity contribution in [3.05, 3.63) is 46.9 Å². The number of anilines is 2. The highest BCUT2D eigenvalue weighted by Gasteiger charge is 2.53. The minimum absolute atomic E-state index is 0.0824. The van der Waals surface area contributed by atoms with Gasteiger partial charge in [0.15, 0.2) is 5.65 Å². The van der Waals surface area contributed by atoms with Crippen LogP contribution in [0.25, 0.3) is 22.1 Å². The van der Waals surface area contributed by atoms with Crippen LogP contribution in [-0.4, -0.2) is 29.1 Å². The van der Waals surface area contributed by atoms with E-state index >= 15 is 0 Å². The molecule has 0 amide bonds. The van der Waals surface area contributed by atoms with Crippen molar-refractivity contribution in [1.82, 2.24) is 29.1 Å². The maximum absolute atomic E-state index is 13.7. The average Bonchev–Trinajstić information content (AvgIpc) is 3.13. The molecule has 9 heteroatoms. The van der Waals surface area contributed by atoms with E-state index in [4.69, 9.17) is 4.98 Å². The summed E-state index contributed by atoms with van der Waals surface area (Å²) in [7, 11) is 1.78. The van der Waals surface area contributed by atoms with Gasteiger partial charge in [-0.3, -0.25) is 9.13 Å². The fourth-order valence-corrected chi connectivity index (χ4v) is 6.77. The minimum atomic E-state index is -0.397. The number of benzene rings is 1. The zero-order valence-electron chi connectivity index (χ0n) is 21.0. The minimum Gasteiger partial charge on any atom is -0.324 e. The maximum Gasteiger partial charge on any atom is 0.330 e. The lowest BCUT2D eigenvalue weighted by molar-refractivity contribution is 0.00987. The molecule has 3 atom stereocenters. The molecule has 3 unspecified atom stereocenters. The Morgan fingerprint density at radius 3 is 2.89 bits per heavy atom. The number of aromatic nitrogens is 6. The third kappa shape index (κ3) is 3.39. The molecule has 0 radical (unpaired) electrons. The van der Waals surface area contributed by atoms with E-state index in [-0.39, 0.29) is 11.1 Å². The smallest absolute Gasteiger partial charge is 0.324 e. The molecule has 3 aromatic heterocycles. The summed E-state index contributed by atoms with van der Waals surface area (Å²) in [6.45, 7) is 4.20. The molecular weight excluding hydrogens is 452 g/mol. The largest absolute Gasteiger partial charge is 0.330 e. The Hall–Kier alpha value is -3.80. The van der Waals surface area contributed by atoms with Gasteiger partial charge < -0.3 is 5.32 Å². The molecule has 4 aromatic rings. The Morgan fingerprint density at radius 2 is 2.08 bits per heavy atom. The number of hydrogen-bond acceptors (Lipinski definition) is 7. The van der Waals surface area contributed by atoms with E-state index in [0.717, 1.165) is 60.7 Å². The van der Waals surface area contributed by atoms with Crippen molar-refractivity contribution in [2.75, 3.05) is 5.32 Å². The van der Waals surface area contributed by atoms with Gasteiger partial charge in [-0.2, -0.15) is 10.2 Å². The SMILES string of the molecule is CCC1CC2(C#N)CCCC(n3c(=O)n(C)c4cnc(Nc5cc6cncnc6cc5C)nc43)(C1)C2. The van der Waals surface area contributed by atoms with Crippen LogP contribution in [0.5, 0.6) is 0 Å². The molecule has 1 aromatic carbocycles. The summed E-state index contributed by atoms with van der Waals surface area (Å²) in [5.74, 6) is 0.852. The van der Waals surface area contributed by atoms with Crippen molar-refractivity contribution in [2.45, 2.75) is 64.3 Å². The van der Waals surface area contributed by atoms with Gasteiger partial charge in [0.05, 0.1) is 28.7 Å². The van der Waals surface area contributed by atoms with E-state index in [9.17, 15) is 10.1 Å². The second-order valence-electron chi connectivity index (χ2n) is 10.8. The zero-order chi connectivity index (χ0) is 25.1. The standard InChI is InChI=1S/C27H30N8O/c1-4-18-10-26(15-28)6-5-7-27(11-18,14-26)35-23-22(34(3)25(35)36)13-30-24(33-23)32-20-9-19-12-29-16-31-21(19)8-17(20)2/h8-9,12-13,16,18H,4-7,10-11,14H2,1-3H3,(H,30,32,33). The van der Waals surface area contributed by atoms with Gasteiger partial charge >= 0.3 is 5.69 Å². The van der Waals surface area contributed by atoms with E-state index < -0.39 is 5.54 Å². The Balaban J connectivity index is 1.48. The lowest BCUT2D eigenvalue weighted by atomic mass is 9.55. The molecule has 36 heavy (non-hydrogen) atoms. The quantitative estimate of drug-likeness (QED) is 0.447.